The third kappa shape index (κ3) is 5.23. The summed E-state index contributed by atoms with van der Waals surface area (Å²) in [4.78, 5) is 0.249. The minimum absolute atomic E-state index is 0.249. The van der Waals surface area contributed by atoms with E-state index in [1.165, 1.54) is 0 Å². The number of halogens is 2. The molecule has 1 aromatic rings. The maximum atomic E-state index is 12.2. The summed E-state index contributed by atoms with van der Waals surface area (Å²) < 4.78 is 28.2. The summed E-state index contributed by atoms with van der Waals surface area (Å²) in [7, 11) is -3.48. The number of hydrogen-bond acceptors (Lipinski definition) is 3. The van der Waals surface area contributed by atoms with Gasteiger partial charge >= 0.3 is 0 Å². The van der Waals surface area contributed by atoms with Crippen molar-refractivity contribution in [1.82, 2.24) is 4.72 Å². The summed E-state index contributed by atoms with van der Waals surface area (Å²) in [6.07, 6.45) is 1.80. The number of thioether (sulfide) groups is 1. The van der Waals surface area contributed by atoms with Crippen LogP contribution in [0.3, 0.4) is 0 Å². The van der Waals surface area contributed by atoms with E-state index in [0.29, 0.717) is 11.0 Å². The molecule has 19 heavy (non-hydrogen) atoms. The van der Waals surface area contributed by atoms with Crippen molar-refractivity contribution in [2.24, 2.45) is 0 Å². The Bertz CT molecular complexity index is 559. The fourth-order valence-electron chi connectivity index (χ4n) is 1.33. The zero-order valence-electron chi connectivity index (χ0n) is 10.4. The Morgan fingerprint density at radius 2 is 2.05 bits per heavy atom. The Morgan fingerprint density at radius 1 is 1.37 bits per heavy atom. The van der Waals surface area contributed by atoms with E-state index in [-0.39, 0.29) is 4.90 Å². The summed E-state index contributed by atoms with van der Waals surface area (Å²) in [5.41, 5.74) is 0.979. The topological polar surface area (TPSA) is 46.2 Å². The highest BCUT2D eigenvalue weighted by Crippen LogP contribution is 2.28. The van der Waals surface area contributed by atoms with Gasteiger partial charge in [0, 0.05) is 27.0 Å². The van der Waals surface area contributed by atoms with E-state index in [1.54, 1.807) is 30.0 Å². The molecule has 106 valence electrons. The smallest absolute Gasteiger partial charge is 0.210 e. The quantitative estimate of drug-likeness (QED) is 0.531. The van der Waals surface area contributed by atoms with Gasteiger partial charge in [0.2, 0.25) is 10.0 Å². The number of hydrogen-bond donors (Lipinski definition) is 1. The largest absolute Gasteiger partial charge is 0.241 e. The van der Waals surface area contributed by atoms with Gasteiger partial charge in [0.1, 0.15) is 0 Å². The summed E-state index contributed by atoms with van der Waals surface area (Å²) in [6.45, 7) is 5.92. The first-order valence-electron chi connectivity index (χ1n) is 5.52. The van der Waals surface area contributed by atoms with E-state index in [1.807, 2.05) is 6.92 Å². The molecule has 0 fully saturated rings. The first-order chi connectivity index (χ1) is 8.88. The predicted molar refractivity (Wildman–Crippen MR) is 89.3 cm³/mol. The molecule has 3 nitrogen and oxygen atoms in total. The maximum absolute atomic E-state index is 12.2. The van der Waals surface area contributed by atoms with E-state index < -0.39 is 10.0 Å². The molecule has 0 aromatic heterocycles. The van der Waals surface area contributed by atoms with Gasteiger partial charge in [0.25, 0.3) is 0 Å². The molecular weight excluding hydrogens is 414 g/mol. The van der Waals surface area contributed by atoms with Gasteiger partial charge in [-0.1, -0.05) is 22.0 Å². The second-order valence-corrected chi connectivity index (χ2v) is 8.39. The third-order valence-electron chi connectivity index (χ3n) is 2.28. The molecule has 0 unspecified atom stereocenters. The van der Waals surface area contributed by atoms with Crippen LogP contribution in [0.5, 0.6) is 0 Å². The molecule has 0 aliphatic heterocycles. The second-order valence-electron chi connectivity index (χ2n) is 3.79. The number of benzene rings is 1. The van der Waals surface area contributed by atoms with Crippen LogP contribution in [0.1, 0.15) is 5.56 Å². The first kappa shape index (κ1) is 17.2. The van der Waals surface area contributed by atoms with Gasteiger partial charge < -0.3 is 0 Å². The highest BCUT2D eigenvalue weighted by molar-refractivity contribution is 9.11. The number of aryl methyl sites for hydroxylation is 1. The molecule has 0 heterocycles. The molecule has 0 aliphatic carbocycles. The molecule has 1 N–H and O–H groups in total. The third-order valence-corrected chi connectivity index (χ3v) is 6.51. The van der Waals surface area contributed by atoms with Crippen LogP contribution in [-0.2, 0) is 10.0 Å². The molecule has 0 spiro atoms. The van der Waals surface area contributed by atoms with Crippen LogP contribution in [-0.4, -0.2) is 26.5 Å². The lowest BCUT2D eigenvalue weighted by Gasteiger charge is -2.10. The van der Waals surface area contributed by atoms with Crippen molar-refractivity contribution in [3.63, 3.8) is 0 Å². The van der Waals surface area contributed by atoms with Crippen LogP contribution in [0, 0.1) is 6.92 Å². The van der Waals surface area contributed by atoms with Crippen molar-refractivity contribution in [2.75, 3.05) is 18.1 Å². The van der Waals surface area contributed by atoms with E-state index >= 15 is 0 Å². The van der Waals surface area contributed by atoms with Crippen LogP contribution in [0.15, 0.2) is 38.6 Å². The van der Waals surface area contributed by atoms with Gasteiger partial charge in [0.15, 0.2) is 0 Å². The second kappa shape index (κ2) is 7.83. The standard InChI is InChI=1S/C12H15Br2NO2S2/c1-3-5-18-6-4-15-19(16,17)12-8-10(13)9(2)7-11(12)14/h3,7-8,15H,1,4-6H2,2H3. The first-order valence-corrected chi connectivity index (χ1v) is 9.75. The Morgan fingerprint density at radius 3 is 2.68 bits per heavy atom. The van der Waals surface area contributed by atoms with Gasteiger partial charge in [-0.25, -0.2) is 13.1 Å². The van der Waals surface area contributed by atoms with E-state index in [0.717, 1.165) is 21.5 Å². The Balaban J connectivity index is 2.77. The normalized spacial score (nSPS) is 11.5. The fraction of sp³-hybridized carbons (Fsp3) is 0.333. The van der Waals surface area contributed by atoms with Crippen molar-refractivity contribution >= 4 is 53.6 Å². The highest BCUT2D eigenvalue weighted by atomic mass is 79.9. The Kier molecular flexibility index (Phi) is 7.10. The van der Waals surface area contributed by atoms with Crippen molar-refractivity contribution in [1.29, 1.82) is 0 Å². The molecule has 0 radical (unpaired) electrons. The minimum Gasteiger partial charge on any atom is -0.210 e. The fourth-order valence-corrected chi connectivity index (χ4v) is 4.74. The lowest BCUT2D eigenvalue weighted by atomic mass is 10.2. The average molecular weight is 429 g/mol. The van der Waals surface area contributed by atoms with Crippen molar-refractivity contribution in [3.8, 4) is 0 Å². The van der Waals surface area contributed by atoms with Gasteiger partial charge in [-0.2, -0.15) is 11.8 Å². The lowest BCUT2D eigenvalue weighted by molar-refractivity contribution is 0.583. The molecule has 7 heteroatoms. The van der Waals surface area contributed by atoms with Crippen LogP contribution in [0.4, 0.5) is 0 Å². The van der Waals surface area contributed by atoms with E-state index in [2.05, 4.69) is 43.2 Å². The van der Waals surface area contributed by atoms with Crippen molar-refractivity contribution in [2.45, 2.75) is 11.8 Å². The molecular formula is C12H15Br2NO2S2. The zero-order chi connectivity index (χ0) is 14.5. The number of nitrogens with one attached hydrogen (secondary N) is 1. The maximum Gasteiger partial charge on any atom is 0.241 e. The van der Waals surface area contributed by atoms with Crippen LogP contribution in [0.25, 0.3) is 0 Å². The molecule has 0 amide bonds. The van der Waals surface area contributed by atoms with Crippen LogP contribution in [0.2, 0.25) is 0 Å². The molecule has 0 bridgehead atoms. The predicted octanol–water partition coefficient (Wildman–Crippen LogP) is 3.72. The molecule has 1 rings (SSSR count). The van der Waals surface area contributed by atoms with Gasteiger partial charge in [-0.3, -0.25) is 0 Å². The average Bonchev–Trinajstić information content (AvgIpc) is 2.33. The summed E-state index contributed by atoms with van der Waals surface area (Å²) in [6, 6.07) is 3.39. The molecule has 0 saturated heterocycles. The lowest BCUT2D eigenvalue weighted by Crippen LogP contribution is -2.26. The summed E-state index contributed by atoms with van der Waals surface area (Å²) in [5.74, 6) is 1.54. The van der Waals surface area contributed by atoms with Gasteiger partial charge in [-0.05, 0) is 40.5 Å². The molecule has 1 aromatic carbocycles. The zero-order valence-corrected chi connectivity index (χ0v) is 15.3. The van der Waals surface area contributed by atoms with Gasteiger partial charge in [-0.15, -0.1) is 6.58 Å². The molecule has 0 atom stereocenters. The number of sulfonamides is 1. The van der Waals surface area contributed by atoms with Crippen LogP contribution >= 0.6 is 43.6 Å². The van der Waals surface area contributed by atoms with Crippen molar-refractivity contribution < 1.29 is 8.42 Å². The monoisotopic (exact) mass is 427 g/mol. The highest BCUT2D eigenvalue weighted by Gasteiger charge is 2.18. The van der Waals surface area contributed by atoms with E-state index in [9.17, 15) is 8.42 Å². The van der Waals surface area contributed by atoms with Crippen molar-refractivity contribution in [3.05, 3.63) is 39.3 Å². The SMILES string of the molecule is C=CCSCCNS(=O)(=O)c1cc(Br)c(C)cc1Br. The van der Waals surface area contributed by atoms with E-state index in [4.69, 9.17) is 0 Å². The van der Waals surface area contributed by atoms with Crippen LogP contribution < -0.4 is 4.72 Å². The minimum atomic E-state index is -3.48. The number of rotatable bonds is 7. The van der Waals surface area contributed by atoms with Gasteiger partial charge in [0.05, 0.1) is 4.90 Å². The summed E-state index contributed by atoms with van der Waals surface area (Å²) in [5, 5.41) is 0. The molecule has 0 aliphatic rings. The Hall–Kier alpha value is 0.180. The summed E-state index contributed by atoms with van der Waals surface area (Å²) >= 11 is 8.27. The Labute approximate surface area is 135 Å². The molecule has 0 saturated carbocycles.